The van der Waals surface area contributed by atoms with Crippen molar-refractivity contribution in [3.05, 3.63) is 35.9 Å². The van der Waals surface area contributed by atoms with Crippen LogP contribution in [-0.4, -0.2) is 24.1 Å². The van der Waals surface area contributed by atoms with Gasteiger partial charge in [-0.25, -0.2) is 0 Å². The maximum atomic E-state index is 10.4. The predicted octanol–water partition coefficient (Wildman–Crippen LogP) is 3.04. The molecule has 3 nitrogen and oxygen atoms in total. The van der Waals surface area contributed by atoms with Crippen LogP contribution in [0.1, 0.15) is 43.8 Å². The Kier molecular flexibility index (Phi) is 3.87. The van der Waals surface area contributed by atoms with Crippen LogP contribution in [-0.2, 0) is 9.47 Å². The summed E-state index contributed by atoms with van der Waals surface area (Å²) in [6.07, 6.45) is 4.74. The molecule has 2 atom stereocenters. The van der Waals surface area contributed by atoms with Crippen LogP contribution in [0.2, 0.25) is 0 Å². The van der Waals surface area contributed by atoms with Gasteiger partial charge in [0.05, 0.1) is 19.3 Å². The molecule has 1 aromatic carbocycles. The minimum absolute atomic E-state index is 0.305. The fraction of sp³-hybridized carbons (Fsp3) is 0.625. The highest BCUT2D eigenvalue weighted by Gasteiger charge is 2.46. The van der Waals surface area contributed by atoms with E-state index >= 15 is 0 Å². The summed E-state index contributed by atoms with van der Waals surface area (Å²) < 4.78 is 11.8. The monoisotopic (exact) mass is 262 g/mol. The first-order valence-electron chi connectivity index (χ1n) is 7.31. The Labute approximate surface area is 114 Å². The van der Waals surface area contributed by atoms with E-state index < -0.39 is 11.9 Å². The molecule has 0 amide bonds. The molecular formula is C16H22O3. The first-order valence-corrected chi connectivity index (χ1v) is 7.31. The molecule has 1 heterocycles. The van der Waals surface area contributed by atoms with Gasteiger partial charge in [-0.3, -0.25) is 0 Å². The molecule has 1 aliphatic carbocycles. The average molecular weight is 262 g/mol. The molecule has 1 N–H and O–H groups in total. The van der Waals surface area contributed by atoms with Crippen molar-refractivity contribution in [3.63, 3.8) is 0 Å². The largest absolute Gasteiger partial charge is 0.388 e. The minimum Gasteiger partial charge on any atom is -0.388 e. The summed E-state index contributed by atoms with van der Waals surface area (Å²) in [7, 11) is 0. The Bertz CT molecular complexity index is 398. The van der Waals surface area contributed by atoms with E-state index in [9.17, 15) is 5.11 Å². The maximum Gasteiger partial charge on any atom is 0.171 e. The molecule has 3 heteroatoms. The van der Waals surface area contributed by atoms with Crippen LogP contribution in [0.15, 0.2) is 30.3 Å². The lowest BCUT2D eigenvalue weighted by Gasteiger charge is -2.40. The third-order valence-corrected chi connectivity index (χ3v) is 4.42. The van der Waals surface area contributed by atoms with Crippen LogP contribution in [0, 0.1) is 5.92 Å². The third kappa shape index (κ3) is 2.69. The van der Waals surface area contributed by atoms with Gasteiger partial charge in [0, 0.05) is 12.3 Å². The van der Waals surface area contributed by atoms with Crippen LogP contribution >= 0.6 is 0 Å². The maximum absolute atomic E-state index is 10.4. The van der Waals surface area contributed by atoms with Crippen LogP contribution in [0.4, 0.5) is 0 Å². The Morgan fingerprint density at radius 1 is 1.16 bits per heavy atom. The molecule has 3 rings (SSSR count). The van der Waals surface area contributed by atoms with Crippen molar-refractivity contribution in [2.75, 3.05) is 13.2 Å². The molecule has 19 heavy (non-hydrogen) atoms. The van der Waals surface area contributed by atoms with Gasteiger partial charge in [-0.2, -0.15) is 0 Å². The number of aliphatic hydroxyl groups is 1. The lowest BCUT2D eigenvalue weighted by molar-refractivity contribution is -0.218. The zero-order valence-corrected chi connectivity index (χ0v) is 11.3. The Balaban J connectivity index is 1.70. The molecule has 1 aromatic rings. The average Bonchev–Trinajstić information content (AvgIpc) is 2.92. The zero-order valence-electron chi connectivity index (χ0n) is 11.3. The molecule has 104 valence electrons. The lowest BCUT2D eigenvalue weighted by Crippen LogP contribution is -2.42. The fourth-order valence-electron chi connectivity index (χ4n) is 3.41. The zero-order chi connectivity index (χ0) is 13.1. The molecule has 2 fully saturated rings. The summed E-state index contributed by atoms with van der Waals surface area (Å²) in [5.74, 6) is -0.104. The number of ether oxygens (including phenoxy) is 2. The molecule has 2 unspecified atom stereocenters. The quantitative estimate of drug-likeness (QED) is 0.910. The van der Waals surface area contributed by atoms with Gasteiger partial charge in [0.1, 0.15) is 0 Å². The fourth-order valence-corrected chi connectivity index (χ4v) is 3.41. The standard InChI is InChI=1S/C16H22O3/c17-15(13-6-2-1-3-7-13)12-14-8-4-5-9-16(14)18-10-11-19-16/h1-3,6-7,14-15,17H,4-5,8-12H2. The van der Waals surface area contributed by atoms with Crippen molar-refractivity contribution < 1.29 is 14.6 Å². The summed E-state index contributed by atoms with van der Waals surface area (Å²) in [6.45, 7) is 1.38. The molecule has 2 aliphatic rings. The van der Waals surface area contributed by atoms with Gasteiger partial charge in [-0.15, -0.1) is 0 Å². The van der Waals surface area contributed by atoms with Gasteiger partial charge in [0.2, 0.25) is 0 Å². The van der Waals surface area contributed by atoms with E-state index in [-0.39, 0.29) is 0 Å². The second-order valence-corrected chi connectivity index (χ2v) is 5.61. The second-order valence-electron chi connectivity index (χ2n) is 5.61. The van der Waals surface area contributed by atoms with Gasteiger partial charge in [0.25, 0.3) is 0 Å². The predicted molar refractivity (Wildman–Crippen MR) is 72.6 cm³/mol. The second kappa shape index (κ2) is 5.61. The van der Waals surface area contributed by atoms with Gasteiger partial charge < -0.3 is 14.6 Å². The highest BCUT2D eigenvalue weighted by Crippen LogP contribution is 2.44. The molecule has 1 saturated heterocycles. The van der Waals surface area contributed by atoms with Gasteiger partial charge in [-0.05, 0) is 24.8 Å². The van der Waals surface area contributed by atoms with E-state index in [2.05, 4.69) is 0 Å². The summed E-state index contributed by atoms with van der Waals surface area (Å²) in [4.78, 5) is 0. The molecule has 1 aliphatic heterocycles. The Hall–Kier alpha value is -0.900. The summed E-state index contributed by atoms with van der Waals surface area (Å²) in [5.41, 5.74) is 0.987. The van der Waals surface area contributed by atoms with E-state index in [4.69, 9.17) is 9.47 Å². The number of benzene rings is 1. The van der Waals surface area contributed by atoms with E-state index in [1.165, 1.54) is 6.42 Å². The van der Waals surface area contributed by atoms with Gasteiger partial charge in [0.15, 0.2) is 5.79 Å². The van der Waals surface area contributed by atoms with Crippen molar-refractivity contribution in [1.29, 1.82) is 0 Å². The van der Waals surface area contributed by atoms with Crippen molar-refractivity contribution >= 4 is 0 Å². The molecule has 0 aromatic heterocycles. The molecule has 0 radical (unpaired) electrons. The molecule has 1 spiro atoms. The van der Waals surface area contributed by atoms with Crippen LogP contribution in [0.5, 0.6) is 0 Å². The van der Waals surface area contributed by atoms with E-state index in [0.717, 1.165) is 31.2 Å². The van der Waals surface area contributed by atoms with Gasteiger partial charge in [-0.1, -0.05) is 36.8 Å². The number of aliphatic hydroxyl groups excluding tert-OH is 1. The van der Waals surface area contributed by atoms with Crippen molar-refractivity contribution in [2.45, 2.75) is 44.0 Å². The topological polar surface area (TPSA) is 38.7 Å². The molecule has 0 bridgehead atoms. The highest BCUT2D eigenvalue weighted by atomic mass is 16.7. The Morgan fingerprint density at radius 2 is 1.89 bits per heavy atom. The summed E-state index contributed by atoms with van der Waals surface area (Å²) >= 11 is 0. The number of hydrogen-bond acceptors (Lipinski definition) is 3. The van der Waals surface area contributed by atoms with E-state index in [1.54, 1.807) is 0 Å². The smallest absolute Gasteiger partial charge is 0.171 e. The minimum atomic E-state index is -0.422. The number of rotatable bonds is 3. The third-order valence-electron chi connectivity index (χ3n) is 4.42. The van der Waals surface area contributed by atoms with Gasteiger partial charge >= 0.3 is 0 Å². The first-order chi connectivity index (χ1) is 9.30. The van der Waals surface area contributed by atoms with E-state index in [1.807, 2.05) is 30.3 Å². The van der Waals surface area contributed by atoms with Crippen LogP contribution < -0.4 is 0 Å². The van der Waals surface area contributed by atoms with Crippen LogP contribution in [0.3, 0.4) is 0 Å². The highest BCUT2D eigenvalue weighted by molar-refractivity contribution is 5.17. The lowest BCUT2D eigenvalue weighted by atomic mass is 9.79. The first kappa shape index (κ1) is 13.1. The number of hydrogen-bond donors (Lipinski definition) is 1. The molecular weight excluding hydrogens is 240 g/mol. The summed E-state index contributed by atoms with van der Waals surface area (Å²) in [6, 6.07) is 9.88. The Morgan fingerprint density at radius 3 is 2.63 bits per heavy atom. The van der Waals surface area contributed by atoms with Crippen molar-refractivity contribution in [1.82, 2.24) is 0 Å². The summed E-state index contributed by atoms with van der Waals surface area (Å²) in [5, 5.41) is 10.4. The van der Waals surface area contributed by atoms with E-state index in [0.29, 0.717) is 19.1 Å². The van der Waals surface area contributed by atoms with Crippen molar-refractivity contribution in [3.8, 4) is 0 Å². The normalized spacial score (nSPS) is 27.5. The van der Waals surface area contributed by atoms with Crippen molar-refractivity contribution in [2.24, 2.45) is 5.92 Å². The molecule has 1 saturated carbocycles. The SMILES string of the molecule is OC(CC1CCCCC12OCCO2)c1ccccc1. The van der Waals surface area contributed by atoms with Crippen LogP contribution in [0.25, 0.3) is 0 Å².